The maximum absolute atomic E-state index is 12.0. The summed E-state index contributed by atoms with van der Waals surface area (Å²) in [7, 11) is 1.69. The molecule has 0 saturated heterocycles. The van der Waals surface area contributed by atoms with Crippen LogP contribution < -0.4 is 15.4 Å². The second-order valence-corrected chi connectivity index (χ2v) is 4.53. The average Bonchev–Trinajstić information content (AvgIpc) is 2.49. The van der Waals surface area contributed by atoms with Crippen LogP contribution in [-0.4, -0.2) is 25.6 Å². The van der Waals surface area contributed by atoms with Gasteiger partial charge in [-0.05, 0) is 30.7 Å². The van der Waals surface area contributed by atoms with Crippen molar-refractivity contribution in [3.8, 4) is 17.6 Å². The van der Waals surface area contributed by atoms with E-state index in [0.29, 0.717) is 11.4 Å². The molecule has 0 bridgehead atoms. The van der Waals surface area contributed by atoms with Gasteiger partial charge in [-0.3, -0.25) is 4.79 Å². The first-order valence-corrected chi connectivity index (χ1v) is 5.96. The summed E-state index contributed by atoms with van der Waals surface area (Å²) in [5.41, 5.74) is 8.01. The predicted molar refractivity (Wildman–Crippen MR) is 75.0 cm³/mol. The Morgan fingerprint density at radius 1 is 1.58 bits per heavy atom. The molecule has 1 atom stereocenters. The minimum absolute atomic E-state index is 0.163. The summed E-state index contributed by atoms with van der Waals surface area (Å²) in [6, 6.07) is 4.84. The van der Waals surface area contributed by atoms with Gasteiger partial charge in [-0.25, -0.2) is 0 Å². The minimum atomic E-state index is -0.637. The lowest BCUT2D eigenvalue weighted by molar-refractivity contribution is -0.119. The van der Waals surface area contributed by atoms with Crippen molar-refractivity contribution in [3.63, 3.8) is 0 Å². The molecule has 0 aromatic heterocycles. The number of ether oxygens (including phenoxy) is 1. The van der Waals surface area contributed by atoms with E-state index < -0.39 is 6.04 Å². The highest BCUT2D eigenvalue weighted by molar-refractivity contribution is 5.98. The zero-order valence-electron chi connectivity index (χ0n) is 11.1. The van der Waals surface area contributed by atoms with Crippen LogP contribution in [0.3, 0.4) is 0 Å². The molecule has 19 heavy (non-hydrogen) atoms. The average molecular weight is 256 g/mol. The van der Waals surface area contributed by atoms with Crippen LogP contribution in [0.2, 0.25) is 0 Å². The number of hydrogen-bond acceptors (Lipinski definition) is 3. The largest absolute Gasteiger partial charge is 0.489 e. The molecule has 2 rings (SSSR count). The highest BCUT2D eigenvalue weighted by Gasteiger charge is 2.26. The Morgan fingerprint density at radius 3 is 3.00 bits per heavy atom. The Kier molecular flexibility index (Phi) is 3.59. The van der Waals surface area contributed by atoms with E-state index in [1.165, 1.54) is 4.90 Å². The van der Waals surface area contributed by atoms with Crippen molar-refractivity contribution >= 4 is 11.6 Å². The van der Waals surface area contributed by atoms with Crippen molar-refractivity contribution in [2.75, 3.05) is 18.6 Å². The van der Waals surface area contributed by atoms with Crippen LogP contribution in [0.4, 0.5) is 5.69 Å². The molecular formula is C15H16N2O2. The minimum Gasteiger partial charge on any atom is -0.489 e. The maximum atomic E-state index is 12.0. The molecule has 98 valence electrons. The van der Waals surface area contributed by atoms with Crippen LogP contribution in [0.25, 0.3) is 0 Å². The van der Waals surface area contributed by atoms with Crippen LogP contribution in [0, 0.1) is 11.8 Å². The topological polar surface area (TPSA) is 55.6 Å². The van der Waals surface area contributed by atoms with Crippen LogP contribution in [-0.2, 0) is 4.79 Å². The van der Waals surface area contributed by atoms with Gasteiger partial charge in [0.15, 0.2) is 0 Å². The summed E-state index contributed by atoms with van der Waals surface area (Å²) in [4.78, 5) is 13.5. The predicted octanol–water partition coefficient (Wildman–Crippen LogP) is 1.30. The first-order chi connectivity index (χ1) is 8.99. The number of fused-ring (bicyclic) bond motifs is 1. The summed E-state index contributed by atoms with van der Waals surface area (Å²) >= 11 is 0. The van der Waals surface area contributed by atoms with Crippen molar-refractivity contribution in [1.82, 2.24) is 0 Å². The summed E-state index contributed by atoms with van der Waals surface area (Å²) in [6.45, 7) is 5.76. The Bertz CT molecular complexity index is 596. The number of nitrogens with zero attached hydrogens (tertiary/aromatic N) is 1. The first-order valence-electron chi connectivity index (χ1n) is 5.96. The van der Waals surface area contributed by atoms with E-state index in [0.717, 1.165) is 11.1 Å². The summed E-state index contributed by atoms with van der Waals surface area (Å²) in [5.74, 6) is 6.37. The monoisotopic (exact) mass is 256 g/mol. The summed E-state index contributed by atoms with van der Waals surface area (Å²) in [5, 5.41) is 0. The third-order valence-electron chi connectivity index (χ3n) is 2.81. The van der Waals surface area contributed by atoms with Gasteiger partial charge in [0.2, 0.25) is 5.91 Å². The third-order valence-corrected chi connectivity index (χ3v) is 2.81. The number of amides is 1. The van der Waals surface area contributed by atoms with Crippen molar-refractivity contribution in [3.05, 3.63) is 35.9 Å². The molecule has 2 N–H and O–H groups in total. The SMILES string of the molecule is C=C(C)C#Cc1ccc2c(c1)N(C)C(=O)[C@@H](N)CO2. The first kappa shape index (κ1) is 13.2. The quantitative estimate of drug-likeness (QED) is 0.712. The van der Waals surface area contributed by atoms with Gasteiger partial charge in [0, 0.05) is 12.6 Å². The van der Waals surface area contributed by atoms with E-state index in [1.807, 2.05) is 19.1 Å². The van der Waals surface area contributed by atoms with E-state index in [9.17, 15) is 4.79 Å². The van der Waals surface area contributed by atoms with Crippen molar-refractivity contribution in [2.24, 2.45) is 5.73 Å². The van der Waals surface area contributed by atoms with E-state index in [1.54, 1.807) is 13.1 Å². The number of carbonyl (C=O) groups excluding carboxylic acids is 1. The van der Waals surface area contributed by atoms with E-state index in [2.05, 4.69) is 18.4 Å². The van der Waals surface area contributed by atoms with Crippen LogP contribution >= 0.6 is 0 Å². The van der Waals surface area contributed by atoms with Gasteiger partial charge >= 0.3 is 0 Å². The van der Waals surface area contributed by atoms with E-state index in [-0.39, 0.29) is 12.5 Å². The highest BCUT2D eigenvalue weighted by atomic mass is 16.5. The van der Waals surface area contributed by atoms with Gasteiger partial charge in [-0.15, -0.1) is 0 Å². The number of benzene rings is 1. The molecule has 0 spiro atoms. The molecule has 0 aliphatic carbocycles. The fourth-order valence-corrected chi connectivity index (χ4v) is 1.78. The van der Waals surface area contributed by atoms with Crippen LogP contribution in [0.15, 0.2) is 30.4 Å². The molecule has 1 amide bonds. The molecule has 1 aliphatic rings. The fourth-order valence-electron chi connectivity index (χ4n) is 1.78. The lowest BCUT2D eigenvalue weighted by atomic mass is 10.1. The summed E-state index contributed by atoms with van der Waals surface area (Å²) in [6.07, 6.45) is 0. The number of allylic oxidation sites excluding steroid dienone is 1. The molecule has 1 aliphatic heterocycles. The van der Waals surface area contributed by atoms with Crippen LogP contribution in [0.1, 0.15) is 12.5 Å². The number of carbonyl (C=O) groups is 1. The Labute approximate surface area is 112 Å². The standard InChI is InChI=1S/C15H16N2O2/c1-10(2)4-5-11-6-7-14-13(8-11)17(3)15(18)12(16)9-19-14/h6-8,12H,1,9,16H2,2-3H3/t12-/m0/s1. The molecule has 1 aromatic carbocycles. The van der Waals surface area contributed by atoms with Gasteiger partial charge in [0.05, 0.1) is 5.69 Å². The molecule has 1 aromatic rings. The smallest absolute Gasteiger partial charge is 0.247 e. The highest BCUT2D eigenvalue weighted by Crippen LogP contribution is 2.31. The molecule has 1 heterocycles. The molecule has 0 radical (unpaired) electrons. The van der Waals surface area contributed by atoms with Crippen molar-refractivity contribution in [1.29, 1.82) is 0 Å². The fraction of sp³-hybridized carbons (Fsp3) is 0.267. The molecule has 4 heteroatoms. The molecular weight excluding hydrogens is 240 g/mol. The summed E-state index contributed by atoms with van der Waals surface area (Å²) < 4.78 is 5.53. The Morgan fingerprint density at radius 2 is 2.32 bits per heavy atom. The lowest BCUT2D eigenvalue weighted by Crippen LogP contribution is -2.43. The third kappa shape index (κ3) is 2.78. The molecule has 0 unspecified atom stereocenters. The normalized spacial score (nSPS) is 17.7. The number of likely N-dealkylation sites (N-methyl/N-ethyl adjacent to an activating group) is 1. The maximum Gasteiger partial charge on any atom is 0.247 e. The number of hydrogen-bond donors (Lipinski definition) is 1. The molecule has 0 saturated carbocycles. The Balaban J connectivity index is 2.42. The molecule has 0 fully saturated rings. The van der Waals surface area contributed by atoms with Gasteiger partial charge in [0.1, 0.15) is 18.4 Å². The second-order valence-electron chi connectivity index (χ2n) is 4.53. The van der Waals surface area contributed by atoms with E-state index in [4.69, 9.17) is 10.5 Å². The lowest BCUT2D eigenvalue weighted by Gasteiger charge is -2.17. The second kappa shape index (κ2) is 5.17. The van der Waals surface area contributed by atoms with Gasteiger partial charge < -0.3 is 15.4 Å². The number of rotatable bonds is 0. The van der Waals surface area contributed by atoms with Crippen molar-refractivity contribution < 1.29 is 9.53 Å². The van der Waals surface area contributed by atoms with Crippen LogP contribution in [0.5, 0.6) is 5.75 Å². The van der Waals surface area contributed by atoms with Gasteiger partial charge in [-0.1, -0.05) is 18.4 Å². The zero-order chi connectivity index (χ0) is 14.0. The Hall–Kier alpha value is -2.25. The van der Waals surface area contributed by atoms with Gasteiger partial charge in [0.25, 0.3) is 0 Å². The van der Waals surface area contributed by atoms with Crippen molar-refractivity contribution in [2.45, 2.75) is 13.0 Å². The number of nitrogens with two attached hydrogens (primary N) is 1. The van der Waals surface area contributed by atoms with E-state index >= 15 is 0 Å². The molecule has 4 nitrogen and oxygen atoms in total. The van der Waals surface area contributed by atoms with Gasteiger partial charge in [-0.2, -0.15) is 0 Å². The zero-order valence-corrected chi connectivity index (χ0v) is 11.1. The number of anilines is 1.